The maximum atomic E-state index is 13.5. The van der Waals surface area contributed by atoms with Gasteiger partial charge in [-0.1, -0.05) is 47.6 Å². The predicted octanol–water partition coefficient (Wildman–Crippen LogP) is 2.30. The van der Waals surface area contributed by atoms with Crippen LogP contribution in [0.4, 0.5) is 5.69 Å². The Balaban J connectivity index is 2.07. The van der Waals surface area contributed by atoms with Crippen LogP contribution in [-0.2, 0) is 14.2 Å². The number of carbonyl (C=O) groups is 3. The van der Waals surface area contributed by atoms with Crippen LogP contribution in [0, 0.1) is 16.7 Å². The normalized spacial score (nSPS) is 26.0. The number of benzene rings is 1. The second-order valence-corrected chi connectivity index (χ2v) is 12.4. The van der Waals surface area contributed by atoms with E-state index in [2.05, 4.69) is 30.9 Å². The van der Waals surface area contributed by atoms with Crippen molar-refractivity contribution in [1.82, 2.24) is 4.90 Å². The fourth-order valence-corrected chi connectivity index (χ4v) is 5.48. The zero-order valence-electron chi connectivity index (χ0n) is 19.3. The Morgan fingerprint density at radius 2 is 1.84 bits per heavy atom. The fourth-order valence-electron chi connectivity index (χ4n) is 4.17. The molecule has 2 aliphatic heterocycles. The van der Waals surface area contributed by atoms with Crippen LogP contribution in [0.1, 0.15) is 58.3 Å². The lowest BCUT2D eigenvalue weighted by atomic mass is 9.82. The Morgan fingerprint density at radius 1 is 1.22 bits per heavy atom. The first-order valence-corrected chi connectivity index (χ1v) is 12.1. The van der Waals surface area contributed by atoms with Gasteiger partial charge in [-0.05, 0) is 29.4 Å². The number of hydrogen-bond donors (Lipinski definition) is 3. The third-order valence-corrected chi connectivity index (χ3v) is 7.20. The second-order valence-electron chi connectivity index (χ2n) is 10.7. The van der Waals surface area contributed by atoms with Crippen molar-refractivity contribution >= 4 is 41.9 Å². The van der Waals surface area contributed by atoms with Crippen LogP contribution in [-0.4, -0.2) is 45.8 Å². The highest BCUT2D eigenvalue weighted by molar-refractivity contribution is 7.65. The summed E-state index contributed by atoms with van der Waals surface area (Å²) in [6.45, 7) is 12.2. The molecule has 2 amide bonds. The number of carbonyl (C=O) groups excluding carboxylic acids is 3. The lowest BCUT2D eigenvalue weighted by Crippen LogP contribution is -2.45. The summed E-state index contributed by atoms with van der Waals surface area (Å²) in [6, 6.07) is 3.49. The predicted molar refractivity (Wildman–Crippen MR) is 123 cm³/mol. The lowest BCUT2D eigenvalue weighted by Gasteiger charge is -2.35. The Kier molecular flexibility index (Phi) is 5.89. The smallest absolute Gasteiger partial charge is 0.345 e. The van der Waals surface area contributed by atoms with E-state index in [1.54, 1.807) is 4.90 Å². The van der Waals surface area contributed by atoms with Gasteiger partial charge in [0.25, 0.3) is 5.91 Å². The van der Waals surface area contributed by atoms with Crippen molar-refractivity contribution in [2.45, 2.75) is 54.0 Å². The van der Waals surface area contributed by atoms with Crippen molar-refractivity contribution in [2.75, 3.05) is 11.9 Å². The van der Waals surface area contributed by atoms with Gasteiger partial charge in [-0.2, -0.15) is 4.76 Å². The average molecular weight is 462 g/mol. The molecule has 0 aromatic heterocycles. The molecule has 3 rings (SSSR count). The SMILES string of the molecule is CC(C)(C)CCN1C(=O)C(C2=NP(=O)(O)c3cccc(C(N)=O)c3N2)C(=O)[C@@H]1C(C)(C)C. The molecule has 1 aromatic carbocycles. The van der Waals surface area contributed by atoms with Crippen LogP contribution in [0.25, 0.3) is 0 Å². The lowest BCUT2D eigenvalue weighted by molar-refractivity contribution is -0.132. The van der Waals surface area contributed by atoms with E-state index in [1.165, 1.54) is 18.2 Å². The van der Waals surface area contributed by atoms with Gasteiger partial charge in [0.2, 0.25) is 5.91 Å². The minimum absolute atomic E-state index is 0.0110. The van der Waals surface area contributed by atoms with Gasteiger partial charge in [0.15, 0.2) is 11.7 Å². The molecule has 174 valence electrons. The summed E-state index contributed by atoms with van der Waals surface area (Å²) in [4.78, 5) is 51.0. The number of nitrogens with two attached hydrogens (primary N) is 1. The minimum Gasteiger partial charge on any atom is -0.366 e. The Hall–Kier alpha value is -2.51. The van der Waals surface area contributed by atoms with Crippen LogP contribution in [0.3, 0.4) is 0 Å². The van der Waals surface area contributed by atoms with Crippen molar-refractivity contribution in [1.29, 1.82) is 0 Å². The number of nitrogens with zero attached hydrogens (tertiary/aromatic N) is 2. The Labute approximate surface area is 188 Å². The number of nitrogens with one attached hydrogen (secondary N) is 1. The van der Waals surface area contributed by atoms with E-state index in [4.69, 9.17) is 5.73 Å². The quantitative estimate of drug-likeness (QED) is 0.463. The highest BCUT2D eigenvalue weighted by Crippen LogP contribution is 2.48. The number of hydrogen-bond acceptors (Lipinski definition) is 5. The summed E-state index contributed by atoms with van der Waals surface area (Å²) in [7, 11) is -4.33. The monoisotopic (exact) mass is 462 g/mol. The van der Waals surface area contributed by atoms with E-state index in [0.717, 1.165) is 0 Å². The summed E-state index contributed by atoms with van der Waals surface area (Å²) >= 11 is 0. The van der Waals surface area contributed by atoms with Gasteiger partial charge >= 0.3 is 7.52 Å². The van der Waals surface area contributed by atoms with Crippen molar-refractivity contribution in [3.05, 3.63) is 23.8 Å². The van der Waals surface area contributed by atoms with E-state index in [9.17, 15) is 23.8 Å². The van der Waals surface area contributed by atoms with Gasteiger partial charge in [-0.15, -0.1) is 0 Å². The van der Waals surface area contributed by atoms with Crippen LogP contribution >= 0.6 is 7.52 Å². The number of ketones is 1. The van der Waals surface area contributed by atoms with Crippen molar-refractivity contribution in [2.24, 2.45) is 27.2 Å². The number of anilines is 1. The van der Waals surface area contributed by atoms with Gasteiger partial charge < -0.3 is 20.8 Å². The first-order chi connectivity index (χ1) is 14.5. The fraction of sp³-hybridized carbons (Fsp3) is 0.545. The molecule has 0 spiro atoms. The van der Waals surface area contributed by atoms with E-state index < -0.39 is 36.7 Å². The van der Waals surface area contributed by atoms with Gasteiger partial charge in [-0.3, -0.25) is 18.9 Å². The van der Waals surface area contributed by atoms with E-state index in [1.807, 2.05) is 20.8 Å². The molecule has 9 nitrogen and oxygen atoms in total. The molecule has 2 unspecified atom stereocenters. The van der Waals surface area contributed by atoms with E-state index in [-0.39, 0.29) is 33.6 Å². The van der Waals surface area contributed by atoms with Crippen LogP contribution in [0.15, 0.2) is 23.0 Å². The van der Waals surface area contributed by atoms with Gasteiger partial charge in [0.05, 0.1) is 22.6 Å². The summed E-state index contributed by atoms with van der Waals surface area (Å²) in [6.07, 6.45) is 0.679. The second kappa shape index (κ2) is 7.81. The molecule has 10 heteroatoms. The maximum absolute atomic E-state index is 13.5. The highest BCUT2D eigenvalue weighted by Gasteiger charge is 2.55. The zero-order chi connectivity index (χ0) is 24.2. The number of amides is 2. The molecule has 2 aliphatic rings. The standard InChI is InChI=1S/C22H31N4O5P/c1-21(2,3)10-11-26-17(22(4,5)6)16(27)14(20(26)29)19-24-15-12(18(23)28)8-7-9-13(15)32(30,31)25-19/h7-9,14,17H,10-11H2,1-6H3,(H2,23,28)(H2,24,25,30,31)/t14?,17-/m1/s1. The number of para-hydroxylation sites is 1. The van der Waals surface area contributed by atoms with E-state index in [0.29, 0.717) is 13.0 Å². The van der Waals surface area contributed by atoms with Crippen molar-refractivity contribution < 1.29 is 23.8 Å². The molecule has 1 saturated heterocycles. The molecule has 1 aromatic rings. The van der Waals surface area contributed by atoms with Gasteiger partial charge in [0, 0.05) is 6.54 Å². The molecule has 4 N–H and O–H groups in total. The first kappa shape index (κ1) is 24.1. The minimum atomic E-state index is -4.33. The van der Waals surface area contributed by atoms with Crippen LogP contribution in [0.5, 0.6) is 0 Å². The Morgan fingerprint density at radius 3 is 2.38 bits per heavy atom. The summed E-state index contributed by atoms with van der Waals surface area (Å²) in [5.74, 6) is -3.24. The number of amidine groups is 1. The topological polar surface area (TPSA) is 142 Å². The largest absolute Gasteiger partial charge is 0.366 e. The van der Waals surface area contributed by atoms with Gasteiger partial charge in [-0.25, -0.2) is 0 Å². The molecule has 1 fully saturated rings. The molecular weight excluding hydrogens is 431 g/mol. The molecule has 2 heterocycles. The third kappa shape index (κ3) is 4.36. The molecule has 0 saturated carbocycles. The number of fused-ring (bicyclic) bond motifs is 1. The number of Topliss-reactive ketones (excluding diaryl/α,β-unsaturated/α-hetero) is 1. The number of likely N-dealkylation sites (tertiary alicyclic amines) is 1. The van der Waals surface area contributed by atoms with Crippen molar-refractivity contribution in [3.63, 3.8) is 0 Å². The molecule has 0 bridgehead atoms. The average Bonchev–Trinajstić information content (AvgIpc) is 2.88. The molecular formula is C22H31N4O5P. The maximum Gasteiger partial charge on any atom is 0.345 e. The number of rotatable bonds is 4. The summed E-state index contributed by atoms with van der Waals surface area (Å²) in [5, 5.41) is 2.73. The highest BCUT2D eigenvalue weighted by atomic mass is 31.2. The zero-order valence-corrected chi connectivity index (χ0v) is 20.2. The molecule has 0 aliphatic carbocycles. The van der Waals surface area contributed by atoms with Crippen LogP contribution in [0.2, 0.25) is 0 Å². The van der Waals surface area contributed by atoms with Gasteiger partial charge in [0.1, 0.15) is 5.84 Å². The van der Waals surface area contributed by atoms with Crippen LogP contribution < -0.4 is 16.4 Å². The Bertz CT molecular complexity index is 1070. The third-order valence-electron chi connectivity index (χ3n) is 5.71. The molecule has 32 heavy (non-hydrogen) atoms. The molecule has 0 radical (unpaired) electrons. The number of primary amides is 1. The van der Waals surface area contributed by atoms with Crippen molar-refractivity contribution in [3.8, 4) is 0 Å². The molecule has 3 atom stereocenters. The summed E-state index contributed by atoms with van der Waals surface area (Å²) in [5.41, 5.74) is 4.82. The van der Waals surface area contributed by atoms with E-state index >= 15 is 0 Å². The summed E-state index contributed by atoms with van der Waals surface area (Å²) < 4.78 is 16.9. The first-order valence-electron chi connectivity index (χ1n) is 10.5.